The molecule has 1 aliphatic rings. The minimum Gasteiger partial charge on any atom is -0.394 e. The largest absolute Gasteiger partial charge is 0.394 e. The molecule has 0 saturated heterocycles. The fourth-order valence-corrected chi connectivity index (χ4v) is 2.60. The monoisotopic (exact) mass is 258 g/mol. The molecule has 1 aliphatic carbocycles. The average Bonchev–Trinajstić information content (AvgIpc) is 2.29. The van der Waals surface area contributed by atoms with E-state index in [1.165, 1.54) is 19.3 Å². The molecule has 0 amide bonds. The van der Waals surface area contributed by atoms with Crippen LogP contribution in [0.2, 0.25) is 0 Å². The predicted octanol–water partition coefficient (Wildman–Crippen LogP) is 3.00. The summed E-state index contributed by atoms with van der Waals surface area (Å²) in [5.74, 6) is 1.23. The molecule has 3 atom stereocenters. The third-order valence-corrected chi connectivity index (χ3v) is 4.34. The van der Waals surface area contributed by atoms with Crippen molar-refractivity contribution in [2.75, 3.05) is 13.2 Å². The molecule has 0 heterocycles. The van der Waals surface area contributed by atoms with Crippen LogP contribution in [0, 0.1) is 11.8 Å². The molecule has 3 unspecified atom stereocenters. The second kappa shape index (κ2) is 6.88. The number of ether oxygens (including phenoxy) is 2. The summed E-state index contributed by atoms with van der Waals surface area (Å²) < 4.78 is 11.8. The summed E-state index contributed by atoms with van der Waals surface area (Å²) in [6.45, 7) is 11.4. The maximum absolute atomic E-state index is 8.93. The van der Waals surface area contributed by atoms with Crippen molar-refractivity contribution in [3.63, 3.8) is 0 Å². The topological polar surface area (TPSA) is 38.7 Å². The Labute approximate surface area is 112 Å². The van der Waals surface area contributed by atoms with E-state index in [4.69, 9.17) is 14.6 Å². The van der Waals surface area contributed by atoms with Crippen molar-refractivity contribution in [3.8, 4) is 0 Å². The maximum atomic E-state index is 8.93. The van der Waals surface area contributed by atoms with Gasteiger partial charge in [-0.3, -0.25) is 0 Å². The lowest BCUT2D eigenvalue weighted by Crippen LogP contribution is -2.50. The van der Waals surface area contributed by atoms with Crippen LogP contribution in [0.3, 0.4) is 0 Å². The Morgan fingerprint density at radius 2 is 1.67 bits per heavy atom. The lowest BCUT2D eigenvalue weighted by atomic mass is 9.68. The van der Waals surface area contributed by atoms with Gasteiger partial charge in [-0.15, -0.1) is 0 Å². The van der Waals surface area contributed by atoms with Gasteiger partial charge in [0.2, 0.25) is 0 Å². The zero-order valence-electron chi connectivity index (χ0n) is 12.6. The normalized spacial score (nSPS) is 23.5. The van der Waals surface area contributed by atoms with Gasteiger partial charge in [0.25, 0.3) is 0 Å². The summed E-state index contributed by atoms with van der Waals surface area (Å²) in [7, 11) is 0. The fourth-order valence-electron chi connectivity index (χ4n) is 2.60. The van der Waals surface area contributed by atoms with Gasteiger partial charge in [0.15, 0.2) is 0 Å². The molecule has 108 valence electrons. The molecular formula is C15H30O3. The highest BCUT2D eigenvalue weighted by Crippen LogP contribution is 2.45. The molecule has 0 bridgehead atoms. The summed E-state index contributed by atoms with van der Waals surface area (Å²) in [4.78, 5) is 0. The zero-order chi connectivity index (χ0) is 13.8. The van der Waals surface area contributed by atoms with E-state index in [1.807, 2.05) is 6.92 Å². The number of hydrogen-bond acceptors (Lipinski definition) is 3. The summed E-state index contributed by atoms with van der Waals surface area (Å²) in [6.07, 6.45) is 3.62. The number of aliphatic hydroxyl groups excluding tert-OH is 1. The molecule has 1 N–H and O–H groups in total. The smallest absolute Gasteiger partial charge is 0.0788 e. The van der Waals surface area contributed by atoms with Gasteiger partial charge in [0.05, 0.1) is 31.0 Å². The van der Waals surface area contributed by atoms with Crippen LogP contribution in [0.4, 0.5) is 0 Å². The van der Waals surface area contributed by atoms with Gasteiger partial charge in [-0.1, -0.05) is 20.8 Å². The third kappa shape index (κ3) is 3.94. The van der Waals surface area contributed by atoms with Crippen molar-refractivity contribution in [2.45, 2.75) is 71.7 Å². The highest BCUT2D eigenvalue weighted by atomic mass is 16.6. The molecule has 0 aliphatic heterocycles. The Hall–Kier alpha value is -0.120. The molecule has 0 aromatic rings. The van der Waals surface area contributed by atoms with E-state index < -0.39 is 0 Å². The van der Waals surface area contributed by atoms with Crippen molar-refractivity contribution in [2.24, 2.45) is 11.8 Å². The van der Waals surface area contributed by atoms with Crippen LogP contribution in [0.1, 0.15) is 53.9 Å². The minimum absolute atomic E-state index is 0.0688. The number of aliphatic hydroxyl groups is 1. The van der Waals surface area contributed by atoms with Crippen molar-refractivity contribution >= 4 is 0 Å². The third-order valence-electron chi connectivity index (χ3n) is 4.34. The summed E-state index contributed by atoms with van der Waals surface area (Å²) >= 11 is 0. The quantitative estimate of drug-likeness (QED) is 0.727. The number of hydrogen-bond donors (Lipinski definition) is 1. The molecule has 3 heteroatoms. The first-order valence-corrected chi connectivity index (χ1v) is 7.31. The molecule has 0 aromatic heterocycles. The molecule has 1 saturated carbocycles. The van der Waals surface area contributed by atoms with E-state index in [0.717, 1.165) is 0 Å². The van der Waals surface area contributed by atoms with Gasteiger partial charge in [0.1, 0.15) is 0 Å². The van der Waals surface area contributed by atoms with Crippen molar-refractivity contribution < 1.29 is 14.6 Å². The zero-order valence-corrected chi connectivity index (χ0v) is 12.6. The van der Waals surface area contributed by atoms with E-state index in [-0.39, 0.29) is 24.4 Å². The molecule has 0 spiro atoms. The molecule has 1 fully saturated rings. The average molecular weight is 258 g/mol. The van der Waals surface area contributed by atoms with E-state index in [1.54, 1.807) is 0 Å². The van der Waals surface area contributed by atoms with Crippen LogP contribution in [0.15, 0.2) is 0 Å². The number of rotatable bonds is 8. The molecule has 0 radical (unpaired) electrons. The molecule has 3 nitrogen and oxygen atoms in total. The summed E-state index contributed by atoms with van der Waals surface area (Å²) in [5.41, 5.74) is 0.0688. The van der Waals surface area contributed by atoms with Gasteiger partial charge in [0, 0.05) is 0 Å². The summed E-state index contributed by atoms with van der Waals surface area (Å²) in [5, 5.41) is 8.93. The summed E-state index contributed by atoms with van der Waals surface area (Å²) in [6, 6.07) is 0. The highest BCUT2D eigenvalue weighted by Gasteiger charge is 2.45. The van der Waals surface area contributed by atoms with Crippen molar-refractivity contribution in [3.05, 3.63) is 0 Å². The highest BCUT2D eigenvalue weighted by molar-refractivity contribution is 4.95. The van der Waals surface area contributed by atoms with Crippen LogP contribution in [0.25, 0.3) is 0 Å². The first-order chi connectivity index (χ1) is 8.41. The predicted molar refractivity (Wildman–Crippen MR) is 73.6 cm³/mol. The molecule has 18 heavy (non-hydrogen) atoms. The van der Waals surface area contributed by atoms with Gasteiger partial charge >= 0.3 is 0 Å². The fraction of sp³-hybridized carbons (Fsp3) is 1.00. The second-order valence-electron chi connectivity index (χ2n) is 6.21. The molecular weight excluding hydrogens is 228 g/mol. The van der Waals surface area contributed by atoms with Gasteiger partial charge in [-0.25, -0.2) is 0 Å². The Bertz CT molecular complexity index is 236. The van der Waals surface area contributed by atoms with E-state index in [2.05, 4.69) is 27.7 Å². The molecule has 0 aromatic carbocycles. The van der Waals surface area contributed by atoms with E-state index in [0.29, 0.717) is 18.4 Å². The lowest BCUT2D eigenvalue weighted by molar-refractivity contribution is -0.188. The Kier molecular flexibility index (Phi) is 6.09. The molecule has 1 rings (SSSR count). The van der Waals surface area contributed by atoms with Crippen LogP contribution >= 0.6 is 0 Å². The van der Waals surface area contributed by atoms with Crippen LogP contribution in [0.5, 0.6) is 0 Å². The lowest BCUT2D eigenvalue weighted by Gasteiger charge is -2.49. The minimum atomic E-state index is -0.101. The first-order valence-electron chi connectivity index (χ1n) is 7.31. The van der Waals surface area contributed by atoms with Gasteiger partial charge in [-0.2, -0.15) is 0 Å². The van der Waals surface area contributed by atoms with Crippen LogP contribution < -0.4 is 0 Å². The van der Waals surface area contributed by atoms with Crippen molar-refractivity contribution in [1.82, 2.24) is 0 Å². The maximum Gasteiger partial charge on any atom is 0.0788 e. The van der Waals surface area contributed by atoms with Gasteiger partial charge < -0.3 is 14.6 Å². The van der Waals surface area contributed by atoms with E-state index >= 15 is 0 Å². The second-order valence-corrected chi connectivity index (χ2v) is 6.21. The van der Waals surface area contributed by atoms with Crippen molar-refractivity contribution in [1.29, 1.82) is 0 Å². The SMILES string of the molecule is CC(CO)OCC(C)OC1(C(C)C(C)C)CCC1. The standard InChI is InChI=1S/C15H30O3/c1-11(2)14(5)15(7-6-8-15)18-13(4)10-17-12(3)9-16/h11-14,16H,6-10H2,1-5H3. The first kappa shape index (κ1) is 15.9. The Balaban J connectivity index is 2.43. The van der Waals surface area contributed by atoms with Crippen LogP contribution in [-0.2, 0) is 9.47 Å². The van der Waals surface area contributed by atoms with Gasteiger partial charge in [-0.05, 0) is 44.9 Å². The Morgan fingerprint density at radius 3 is 2.06 bits per heavy atom. The van der Waals surface area contributed by atoms with E-state index in [9.17, 15) is 0 Å². The van der Waals surface area contributed by atoms with Crippen LogP contribution in [-0.4, -0.2) is 36.1 Å². The Morgan fingerprint density at radius 1 is 1.06 bits per heavy atom.